The summed E-state index contributed by atoms with van der Waals surface area (Å²) in [5, 5.41) is 32.9. The number of carbonyl (C=O) groups is 4. The van der Waals surface area contributed by atoms with E-state index >= 15 is 0 Å². The molecule has 0 unspecified atom stereocenters. The van der Waals surface area contributed by atoms with Crippen molar-refractivity contribution in [2.75, 3.05) is 0 Å². The van der Waals surface area contributed by atoms with Crippen molar-refractivity contribution in [2.45, 2.75) is 0 Å². The molecule has 1 aromatic heterocycles. The van der Waals surface area contributed by atoms with Gasteiger partial charge in [-0.1, -0.05) is 0 Å². The maximum absolute atomic E-state index is 11.3. The van der Waals surface area contributed by atoms with Crippen molar-refractivity contribution in [2.24, 2.45) is 0 Å². The van der Waals surface area contributed by atoms with E-state index in [0.29, 0.717) is 0 Å². The Hall–Kier alpha value is -3.00. The average molecular weight is 308 g/mol. The second-order valence-electron chi connectivity index (χ2n) is 3.03. The molecule has 0 saturated carbocycles. The Labute approximate surface area is 112 Å². The minimum atomic E-state index is -1.82. The van der Waals surface area contributed by atoms with Gasteiger partial charge >= 0.3 is 23.9 Å². The molecule has 0 saturated heterocycles. The van der Waals surface area contributed by atoms with Gasteiger partial charge in [0.05, 0.1) is 0 Å². The molecule has 0 aliphatic heterocycles. The van der Waals surface area contributed by atoms with Crippen LogP contribution in [0.2, 0.25) is 0 Å². The zero-order valence-electron chi connectivity index (χ0n) is 9.46. The summed E-state index contributed by atoms with van der Waals surface area (Å²) in [6.07, 6.45) is 0. The van der Waals surface area contributed by atoms with E-state index in [4.69, 9.17) is 21.0 Å². The summed E-state index contributed by atoms with van der Waals surface area (Å²) in [6.45, 7) is 0. The van der Waals surface area contributed by atoms with Crippen LogP contribution in [0.1, 0.15) is 41.8 Å². The summed E-state index contributed by atoms with van der Waals surface area (Å²) in [5.74, 6) is -9.82. The number of carbonyl (C=O) groups excluding carboxylic acids is 4. The second-order valence-corrected chi connectivity index (χ2v) is 3.03. The van der Waals surface area contributed by atoms with Crippen LogP contribution in [0, 0.1) is 0 Å². The fourth-order valence-electron chi connectivity index (χ4n) is 1.28. The SMILES string of the molecule is O=C(OO)c1oc(C(=O)OO)c(C(=O)OO)c1C(=O)OO. The van der Waals surface area contributed by atoms with Crippen molar-refractivity contribution in [3.63, 3.8) is 0 Å². The first-order chi connectivity index (χ1) is 9.92. The zero-order chi connectivity index (χ0) is 16.2. The Balaban J connectivity index is 3.71. The maximum atomic E-state index is 11.3. The highest BCUT2D eigenvalue weighted by Crippen LogP contribution is 2.26. The average Bonchev–Trinajstić information content (AvgIpc) is 2.91. The van der Waals surface area contributed by atoms with Crippen molar-refractivity contribution in [3.8, 4) is 0 Å². The first-order valence-corrected chi connectivity index (χ1v) is 4.52. The lowest BCUT2D eigenvalue weighted by Crippen LogP contribution is -2.16. The first kappa shape index (κ1) is 16.1. The van der Waals surface area contributed by atoms with Gasteiger partial charge in [-0.25, -0.2) is 19.2 Å². The van der Waals surface area contributed by atoms with Gasteiger partial charge in [-0.05, 0) is 0 Å². The van der Waals surface area contributed by atoms with E-state index in [0.717, 1.165) is 0 Å². The maximum Gasteiger partial charge on any atom is 0.408 e. The molecule has 13 heteroatoms. The van der Waals surface area contributed by atoms with Crippen LogP contribution in [-0.2, 0) is 19.6 Å². The molecule has 4 N–H and O–H groups in total. The zero-order valence-corrected chi connectivity index (χ0v) is 9.46. The van der Waals surface area contributed by atoms with Crippen molar-refractivity contribution >= 4 is 23.9 Å². The largest absolute Gasteiger partial charge is 0.440 e. The predicted molar refractivity (Wildman–Crippen MR) is 50.9 cm³/mol. The second kappa shape index (κ2) is 6.44. The molecule has 0 radical (unpaired) electrons. The van der Waals surface area contributed by atoms with E-state index in [-0.39, 0.29) is 0 Å². The predicted octanol–water partition coefficient (Wildman–Crippen LogP) is -0.201. The first-order valence-electron chi connectivity index (χ1n) is 4.52. The molecule has 114 valence electrons. The van der Waals surface area contributed by atoms with Crippen molar-refractivity contribution in [3.05, 3.63) is 22.6 Å². The van der Waals surface area contributed by atoms with Gasteiger partial charge in [0.25, 0.3) is 0 Å². The quantitative estimate of drug-likeness (QED) is 0.324. The molecule has 0 atom stereocenters. The molecule has 13 nitrogen and oxygen atoms in total. The van der Waals surface area contributed by atoms with Crippen molar-refractivity contribution in [1.82, 2.24) is 0 Å². The van der Waals surface area contributed by atoms with Crippen LogP contribution in [-0.4, -0.2) is 44.9 Å². The number of furan rings is 1. The number of rotatable bonds is 4. The lowest BCUT2D eigenvalue weighted by atomic mass is 10.1. The Kier molecular flexibility index (Phi) is 4.92. The van der Waals surface area contributed by atoms with E-state index < -0.39 is 46.5 Å². The molecular weight excluding hydrogens is 304 g/mol. The lowest BCUT2D eigenvalue weighted by molar-refractivity contribution is -0.187. The molecule has 1 rings (SSSR count). The summed E-state index contributed by atoms with van der Waals surface area (Å²) >= 11 is 0. The fraction of sp³-hybridized carbons (Fsp3) is 0. The van der Waals surface area contributed by atoms with Gasteiger partial charge in [-0.15, -0.1) is 0 Å². The molecule has 0 bridgehead atoms. The van der Waals surface area contributed by atoms with Crippen LogP contribution in [0.4, 0.5) is 0 Å². The van der Waals surface area contributed by atoms with E-state index in [1.54, 1.807) is 0 Å². The molecule has 1 aromatic rings. The highest BCUT2D eigenvalue weighted by atomic mass is 17.1. The topological polar surface area (TPSA) is 199 Å². The third kappa shape index (κ3) is 2.79. The Morgan fingerprint density at radius 2 is 0.905 bits per heavy atom. The molecule has 0 aliphatic rings. The third-order valence-corrected chi connectivity index (χ3v) is 2.02. The van der Waals surface area contributed by atoms with Gasteiger partial charge in [0, 0.05) is 0 Å². The number of hydrogen-bond donors (Lipinski definition) is 4. The van der Waals surface area contributed by atoms with Crippen LogP contribution in [0.25, 0.3) is 0 Å². The molecule has 0 aliphatic carbocycles. The normalized spacial score (nSPS) is 9.71. The standard InChI is InChI=1S/C8H4O13/c9-5(18-13)1-2(6(10)19-14)4(8(12)21-16)17-3(1)7(11)20-15/h13-16H. The number of hydrogen-bond acceptors (Lipinski definition) is 13. The lowest BCUT2D eigenvalue weighted by Gasteiger charge is -1.99. The molecular formula is C8H4O13. The van der Waals surface area contributed by atoms with Crippen molar-refractivity contribution < 1.29 is 64.2 Å². The summed E-state index contributed by atoms with van der Waals surface area (Å²) < 4.78 is 4.40. The Morgan fingerprint density at radius 1 is 0.619 bits per heavy atom. The van der Waals surface area contributed by atoms with Gasteiger partial charge in [0.15, 0.2) is 0 Å². The molecule has 0 fully saturated rings. The van der Waals surface area contributed by atoms with Crippen molar-refractivity contribution in [1.29, 1.82) is 0 Å². The fourth-order valence-corrected chi connectivity index (χ4v) is 1.28. The van der Waals surface area contributed by atoms with Gasteiger partial charge in [-0.2, -0.15) is 21.0 Å². The van der Waals surface area contributed by atoms with E-state index in [1.807, 2.05) is 0 Å². The van der Waals surface area contributed by atoms with E-state index in [1.165, 1.54) is 0 Å². The summed E-state index contributed by atoms with van der Waals surface area (Å²) in [5.41, 5.74) is -2.51. The van der Waals surface area contributed by atoms with Gasteiger partial charge in [0.2, 0.25) is 11.5 Å². The van der Waals surface area contributed by atoms with Crippen LogP contribution in [0.5, 0.6) is 0 Å². The summed E-state index contributed by atoms with van der Waals surface area (Å²) in [6, 6.07) is 0. The minimum absolute atomic E-state index is 1.25. The van der Waals surface area contributed by atoms with Crippen LogP contribution < -0.4 is 0 Å². The van der Waals surface area contributed by atoms with Crippen LogP contribution in [0.15, 0.2) is 4.42 Å². The Bertz CT molecular complexity index is 545. The minimum Gasteiger partial charge on any atom is -0.440 e. The van der Waals surface area contributed by atoms with Gasteiger partial charge in [-0.3, -0.25) is 19.6 Å². The third-order valence-electron chi connectivity index (χ3n) is 2.02. The molecule has 0 amide bonds. The highest BCUT2D eigenvalue weighted by Gasteiger charge is 2.39. The van der Waals surface area contributed by atoms with E-state index in [9.17, 15) is 19.2 Å². The van der Waals surface area contributed by atoms with Crippen LogP contribution >= 0.6 is 0 Å². The molecule has 0 aromatic carbocycles. The molecule has 1 heterocycles. The summed E-state index contributed by atoms with van der Waals surface area (Å²) in [4.78, 5) is 57.8. The van der Waals surface area contributed by atoms with Gasteiger partial charge in [0.1, 0.15) is 11.1 Å². The Morgan fingerprint density at radius 3 is 1.14 bits per heavy atom. The van der Waals surface area contributed by atoms with E-state index in [2.05, 4.69) is 24.0 Å². The molecule has 21 heavy (non-hydrogen) atoms. The molecule has 0 spiro atoms. The monoisotopic (exact) mass is 308 g/mol. The summed E-state index contributed by atoms with van der Waals surface area (Å²) in [7, 11) is 0. The van der Waals surface area contributed by atoms with Gasteiger partial charge < -0.3 is 4.42 Å². The highest BCUT2D eigenvalue weighted by molar-refractivity contribution is 6.13. The van der Waals surface area contributed by atoms with Crippen LogP contribution in [0.3, 0.4) is 0 Å². The smallest absolute Gasteiger partial charge is 0.408 e.